The van der Waals surface area contributed by atoms with E-state index in [1.807, 2.05) is 0 Å². The van der Waals surface area contributed by atoms with Gasteiger partial charge in [-0.05, 0) is 33.0 Å². The summed E-state index contributed by atoms with van der Waals surface area (Å²) in [6, 6.07) is 0. The number of nitrogens with zero attached hydrogens (tertiary/aromatic N) is 3. The number of rotatable bonds is 2. The Hall–Kier alpha value is -0.870. The van der Waals surface area contributed by atoms with Crippen molar-refractivity contribution >= 4 is 17.9 Å². The number of carbonyl (C=O) groups is 1. The van der Waals surface area contributed by atoms with Gasteiger partial charge < -0.3 is 4.90 Å². The molecule has 1 aromatic heterocycles. The highest BCUT2D eigenvalue weighted by Gasteiger charge is 2.25. The zero-order valence-electron chi connectivity index (χ0n) is 9.61. The number of aryl methyl sites for hydroxylation is 1. The number of piperidine rings is 1. The molecule has 1 fully saturated rings. The number of hydrogen-bond donors (Lipinski definition) is 0. The van der Waals surface area contributed by atoms with Gasteiger partial charge in [0.25, 0.3) is 0 Å². The van der Waals surface area contributed by atoms with Crippen molar-refractivity contribution in [2.75, 3.05) is 20.1 Å². The van der Waals surface area contributed by atoms with Crippen molar-refractivity contribution in [1.82, 2.24) is 14.7 Å². The molecule has 88 valence electrons. The molecule has 0 atom stereocenters. The molecular weight excluding hydrogens is 226 g/mol. The van der Waals surface area contributed by atoms with Gasteiger partial charge in [0.2, 0.25) is 0 Å². The molecule has 2 heterocycles. The Morgan fingerprint density at radius 3 is 2.50 bits per heavy atom. The maximum Gasteiger partial charge on any atom is 0.169 e. The highest BCUT2D eigenvalue weighted by Crippen LogP contribution is 2.32. The zero-order valence-corrected chi connectivity index (χ0v) is 10.4. The summed E-state index contributed by atoms with van der Waals surface area (Å²) in [5.74, 6) is 0.392. The van der Waals surface area contributed by atoms with Crippen molar-refractivity contribution in [1.29, 1.82) is 0 Å². The van der Waals surface area contributed by atoms with Gasteiger partial charge in [0.1, 0.15) is 5.69 Å². The Bertz CT molecular complexity index is 394. The minimum Gasteiger partial charge on any atom is -0.306 e. The Morgan fingerprint density at radius 1 is 1.38 bits per heavy atom. The van der Waals surface area contributed by atoms with E-state index < -0.39 is 0 Å². The summed E-state index contributed by atoms with van der Waals surface area (Å²) in [7, 11) is 3.88. The maximum absolute atomic E-state index is 10.8. The number of likely N-dealkylation sites (tertiary alicyclic amines) is 1. The highest BCUT2D eigenvalue weighted by molar-refractivity contribution is 6.33. The van der Waals surface area contributed by atoms with Gasteiger partial charge >= 0.3 is 0 Å². The number of halogens is 1. The van der Waals surface area contributed by atoms with Crippen LogP contribution in [0.15, 0.2) is 0 Å². The predicted molar refractivity (Wildman–Crippen MR) is 63.1 cm³/mol. The third-order valence-corrected chi connectivity index (χ3v) is 3.66. The molecule has 2 rings (SSSR count). The van der Waals surface area contributed by atoms with E-state index in [0.717, 1.165) is 37.9 Å². The fourth-order valence-corrected chi connectivity index (χ4v) is 2.56. The van der Waals surface area contributed by atoms with E-state index in [0.29, 0.717) is 16.6 Å². The SMILES string of the molecule is CN1CCC(c2nn(C)c(C=O)c2Cl)CC1. The second kappa shape index (κ2) is 4.55. The van der Waals surface area contributed by atoms with Gasteiger partial charge in [0.05, 0.1) is 10.7 Å². The first-order chi connectivity index (χ1) is 7.63. The summed E-state index contributed by atoms with van der Waals surface area (Å²) in [6.07, 6.45) is 2.89. The standard InChI is InChI=1S/C11H16ClN3O/c1-14-5-3-8(4-6-14)11-10(12)9(7-16)15(2)13-11/h7-8H,3-6H2,1-2H3. The van der Waals surface area contributed by atoms with Crippen LogP contribution in [0.4, 0.5) is 0 Å². The summed E-state index contributed by atoms with van der Waals surface area (Å²) in [4.78, 5) is 13.1. The van der Waals surface area contributed by atoms with Gasteiger partial charge in [-0.1, -0.05) is 11.6 Å². The van der Waals surface area contributed by atoms with Crippen molar-refractivity contribution in [3.63, 3.8) is 0 Å². The molecule has 0 saturated carbocycles. The fraction of sp³-hybridized carbons (Fsp3) is 0.636. The van der Waals surface area contributed by atoms with Crippen LogP contribution in [-0.4, -0.2) is 41.1 Å². The third-order valence-electron chi connectivity index (χ3n) is 3.27. The molecule has 4 nitrogen and oxygen atoms in total. The van der Waals surface area contributed by atoms with E-state index in [-0.39, 0.29) is 0 Å². The summed E-state index contributed by atoms with van der Waals surface area (Å²) in [6.45, 7) is 2.13. The molecule has 0 unspecified atom stereocenters. The van der Waals surface area contributed by atoms with E-state index in [9.17, 15) is 4.79 Å². The van der Waals surface area contributed by atoms with E-state index in [1.54, 1.807) is 11.7 Å². The second-order valence-electron chi connectivity index (χ2n) is 4.40. The lowest BCUT2D eigenvalue weighted by molar-refractivity contribution is 0.111. The smallest absolute Gasteiger partial charge is 0.169 e. The van der Waals surface area contributed by atoms with Crippen LogP contribution in [-0.2, 0) is 7.05 Å². The molecule has 1 aliphatic heterocycles. The molecule has 16 heavy (non-hydrogen) atoms. The second-order valence-corrected chi connectivity index (χ2v) is 4.78. The van der Waals surface area contributed by atoms with Gasteiger partial charge in [-0.2, -0.15) is 5.10 Å². The minimum atomic E-state index is 0.392. The van der Waals surface area contributed by atoms with Crippen LogP contribution in [0.5, 0.6) is 0 Å². The maximum atomic E-state index is 10.8. The zero-order chi connectivity index (χ0) is 11.7. The lowest BCUT2D eigenvalue weighted by Crippen LogP contribution is -2.29. The van der Waals surface area contributed by atoms with Crippen LogP contribution in [0.1, 0.15) is 34.9 Å². The fourth-order valence-electron chi connectivity index (χ4n) is 2.20. The van der Waals surface area contributed by atoms with E-state index in [1.165, 1.54) is 0 Å². The van der Waals surface area contributed by atoms with Crippen LogP contribution in [0.2, 0.25) is 5.02 Å². The predicted octanol–water partition coefficient (Wildman–Crippen LogP) is 1.70. The molecule has 1 aliphatic rings. The largest absolute Gasteiger partial charge is 0.306 e. The Labute approximate surface area is 100 Å². The molecule has 0 N–H and O–H groups in total. The van der Waals surface area contributed by atoms with E-state index in [4.69, 9.17) is 11.6 Å². The number of hydrogen-bond acceptors (Lipinski definition) is 3. The first kappa shape index (κ1) is 11.6. The molecule has 1 aromatic rings. The minimum absolute atomic E-state index is 0.392. The Balaban J connectivity index is 2.24. The van der Waals surface area contributed by atoms with Crippen LogP contribution in [0, 0.1) is 0 Å². The lowest BCUT2D eigenvalue weighted by atomic mass is 9.94. The molecule has 0 bridgehead atoms. The lowest BCUT2D eigenvalue weighted by Gasteiger charge is -2.27. The van der Waals surface area contributed by atoms with Crippen molar-refractivity contribution in [3.8, 4) is 0 Å². The number of aldehydes is 1. The molecule has 0 amide bonds. The molecule has 5 heteroatoms. The van der Waals surface area contributed by atoms with Crippen LogP contribution in [0.25, 0.3) is 0 Å². The van der Waals surface area contributed by atoms with Gasteiger partial charge in [0, 0.05) is 13.0 Å². The van der Waals surface area contributed by atoms with Gasteiger partial charge in [-0.25, -0.2) is 0 Å². The quantitative estimate of drug-likeness (QED) is 0.740. The topological polar surface area (TPSA) is 38.1 Å². The van der Waals surface area contributed by atoms with Crippen molar-refractivity contribution < 1.29 is 4.79 Å². The monoisotopic (exact) mass is 241 g/mol. The van der Waals surface area contributed by atoms with Crippen LogP contribution < -0.4 is 0 Å². The number of aromatic nitrogens is 2. The first-order valence-corrected chi connectivity index (χ1v) is 5.87. The van der Waals surface area contributed by atoms with Crippen molar-refractivity contribution in [3.05, 3.63) is 16.4 Å². The van der Waals surface area contributed by atoms with Gasteiger partial charge in [-0.15, -0.1) is 0 Å². The van der Waals surface area contributed by atoms with Crippen molar-refractivity contribution in [2.45, 2.75) is 18.8 Å². The number of carbonyl (C=O) groups excluding carboxylic acids is 1. The van der Waals surface area contributed by atoms with Crippen LogP contribution >= 0.6 is 11.6 Å². The van der Waals surface area contributed by atoms with Gasteiger partial charge in [0.15, 0.2) is 6.29 Å². The molecule has 0 aliphatic carbocycles. The summed E-state index contributed by atoms with van der Waals surface area (Å²) >= 11 is 6.17. The average Bonchev–Trinajstić information content (AvgIpc) is 2.55. The molecule has 0 aromatic carbocycles. The average molecular weight is 242 g/mol. The van der Waals surface area contributed by atoms with Crippen molar-refractivity contribution in [2.24, 2.45) is 7.05 Å². The molecule has 0 spiro atoms. The normalized spacial score (nSPS) is 18.9. The molecule has 0 radical (unpaired) electrons. The first-order valence-electron chi connectivity index (χ1n) is 5.49. The molecule has 1 saturated heterocycles. The third kappa shape index (κ3) is 1.99. The summed E-state index contributed by atoms with van der Waals surface area (Å²) < 4.78 is 1.57. The summed E-state index contributed by atoms with van der Waals surface area (Å²) in [5, 5.41) is 4.90. The Kier molecular flexibility index (Phi) is 3.30. The summed E-state index contributed by atoms with van der Waals surface area (Å²) in [5.41, 5.74) is 1.37. The van der Waals surface area contributed by atoms with Gasteiger partial charge in [-0.3, -0.25) is 9.48 Å². The Morgan fingerprint density at radius 2 is 2.00 bits per heavy atom. The highest BCUT2D eigenvalue weighted by atomic mass is 35.5. The van der Waals surface area contributed by atoms with E-state index >= 15 is 0 Å². The van der Waals surface area contributed by atoms with Crippen LogP contribution in [0.3, 0.4) is 0 Å². The molecular formula is C11H16ClN3O. The van der Waals surface area contributed by atoms with E-state index in [2.05, 4.69) is 17.0 Å².